The number of rotatable bonds is 10. The average Bonchev–Trinajstić information content (AvgIpc) is 3.19. The third-order valence-electron chi connectivity index (χ3n) is 6.05. The molecule has 39 heavy (non-hydrogen) atoms. The predicted octanol–water partition coefficient (Wildman–Crippen LogP) is 3.55. The summed E-state index contributed by atoms with van der Waals surface area (Å²) in [6.45, 7) is 5.14. The lowest BCUT2D eigenvalue weighted by Gasteiger charge is -2.24. The summed E-state index contributed by atoms with van der Waals surface area (Å²) >= 11 is 0. The zero-order chi connectivity index (χ0) is 28.7. The molecule has 0 bridgehead atoms. The van der Waals surface area contributed by atoms with Crippen LogP contribution in [0.2, 0.25) is 0 Å². The molecule has 1 heterocycles. The molecule has 1 aliphatic heterocycles. The van der Waals surface area contributed by atoms with E-state index in [1.54, 1.807) is 36.4 Å². The Kier molecular flexibility index (Phi) is 9.89. The quantitative estimate of drug-likeness (QED) is 0.321. The first-order chi connectivity index (χ1) is 18.5. The van der Waals surface area contributed by atoms with Crippen molar-refractivity contribution in [2.75, 3.05) is 20.8 Å². The molecule has 2 aromatic carbocycles. The normalized spacial score (nSPS) is 20.1. The molecule has 3 rings (SSSR count). The van der Waals surface area contributed by atoms with E-state index in [1.807, 2.05) is 0 Å². The van der Waals surface area contributed by atoms with Gasteiger partial charge < -0.3 is 33.2 Å². The lowest BCUT2D eigenvalue weighted by atomic mass is 9.83. The second kappa shape index (κ2) is 13.1. The van der Waals surface area contributed by atoms with Gasteiger partial charge >= 0.3 is 23.9 Å². The third kappa shape index (κ3) is 7.70. The summed E-state index contributed by atoms with van der Waals surface area (Å²) in [5.41, 5.74) is 1.42. The molecule has 0 spiro atoms. The number of hydrogen-bond donors (Lipinski definition) is 0. The van der Waals surface area contributed by atoms with Crippen LogP contribution < -0.4 is 18.9 Å². The number of hydrogen-bond acceptors (Lipinski definition) is 11. The van der Waals surface area contributed by atoms with Crippen molar-refractivity contribution in [3.63, 3.8) is 0 Å². The fraction of sp³-hybridized carbons (Fsp3) is 0.429. The summed E-state index contributed by atoms with van der Waals surface area (Å²) in [6, 6.07) is 10.0. The zero-order valence-electron chi connectivity index (χ0n) is 22.7. The largest absolute Gasteiger partial charge is 0.493 e. The van der Waals surface area contributed by atoms with Gasteiger partial charge in [-0.1, -0.05) is 12.1 Å². The Morgan fingerprint density at radius 2 is 1.31 bits per heavy atom. The van der Waals surface area contributed by atoms with Crippen molar-refractivity contribution in [3.8, 4) is 23.0 Å². The van der Waals surface area contributed by atoms with Crippen LogP contribution in [0.5, 0.6) is 23.0 Å². The molecule has 2 aromatic rings. The van der Waals surface area contributed by atoms with Gasteiger partial charge in [0.2, 0.25) is 6.29 Å². The highest BCUT2D eigenvalue weighted by Gasteiger charge is 2.47. The Balaban J connectivity index is 2.01. The summed E-state index contributed by atoms with van der Waals surface area (Å²) in [5.74, 6) is -1.74. The van der Waals surface area contributed by atoms with Gasteiger partial charge in [-0.2, -0.15) is 0 Å². The molecule has 4 atom stereocenters. The summed E-state index contributed by atoms with van der Waals surface area (Å²) in [7, 11) is 2.90. The van der Waals surface area contributed by atoms with E-state index in [-0.39, 0.29) is 18.1 Å². The van der Waals surface area contributed by atoms with Gasteiger partial charge in [-0.25, -0.2) is 0 Å². The van der Waals surface area contributed by atoms with Crippen molar-refractivity contribution in [1.82, 2.24) is 0 Å². The van der Waals surface area contributed by atoms with Crippen LogP contribution in [0.3, 0.4) is 0 Å². The van der Waals surface area contributed by atoms with Crippen LogP contribution in [0.1, 0.15) is 44.9 Å². The molecule has 210 valence electrons. The Morgan fingerprint density at radius 1 is 0.718 bits per heavy atom. The van der Waals surface area contributed by atoms with Crippen molar-refractivity contribution in [3.05, 3.63) is 47.5 Å². The lowest BCUT2D eigenvalue weighted by Crippen LogP contribution is -2.29. The first-order valence-electron chi connectivity index (χ1n) is 12.2. The number of carbonyl (C=O) groups excluding carboxylic acids is 4. The Labute approximate surface area is 226 Å². The summed E-state index contributed by atoms with van der Waals surface area (Å²) in [4.78, 5) is 46.6. The standard InChI is InChI=1S/C28H32O11/c1-15(29)35-14-22-21(11-19-7-9-23(36-16(2)30)25(12-19)33-5)28(38-18(4)32)39-27(22)20-8-10-24(37-17(3)31)26(13-20)34-6/h7-10,12-13,21-22,27-28H,11,14H2,1-6H3/t21-,22+,27-,28-/m1/s1. The molecule has 0 amide bonds. The Morgan fingerprint density at radius 3 is 1.85 bits per heavy atom. The first-order valence-corrected chi connectivity index (χ1v) is 12.2. The molecule has 11 nitrogen and oxygen atoms in total. The molecule has 0 radical (unpaired) electrons. The van der Waals surface area contributed by atoms with Crippen LogP contribution >= 0.6 is 0 Å². The number of methoxy groups -OCH3 is 2. The minimum atomic E-state index is -0.966. The zero-order valence-corrected chi connectivity index (χ0v) is 22.7. The maximum absolute atomic E-state index is 12.0. The number of benzene rings is 2. The van der Waals surface area contributed by atoms with Crippen molar-refractivity contribution in [2.45, 2.75) is 46.5 Å². The van der Waals surface area contributed by atoms with Gasteiger partial charge in [0.05, 0.1) is 26.9 Å². The lowest BCUT2D eigenvalue weighted by molar-refractivity contribution is -0.179. The molecule has 0 aromatic heterocycles. The van der Waals surface area contributed by atoms with E-state index in [0.29, 0.717) is 23.5 Å². The molecular weight excluding hydrogens is 512 g/mol. The molecule has 0 unspecified atom stereocenters. The van der Waals surface area contributed by atoms with E-state index < -0.39 is 48.1 Å². The first kappa shape index (κ1) is 29.4. The van der Waals surface area contributed by atoms with Crippen LogP contribution in [0.15, 0.2) is 36.4 Å². The maximum Gasteiger partial charge on any atom is 0.308 e. The van der Waals surface area contributed by atoms with E-state index >= 15 is 0 Å². The van der Waals surface area contributed by atoms with Gasteiger partial charge in [0.1, 0.15) is 0 Å². The molecule has 1 fully saturated rings. The molecule has 0 saturated carbocycles. The minimum absolute atomic E-state index is 0.0148. The average molecular weight is 545 g/mol. The minimum Gasteiger partial charge on any atom is -0.493 e. The van der Waals surface area contributed by atoms with E-state index in [2.05, 4.69) is 0 Å². The smallest absolute Gasteiger partial charge is 0.308 e. The molecule has 1 aliphatic rings. The van der Waals surface area contributed by atoms with Crippen LogP contribution in [0.25, 0.3) is 0 Å². The highest BCUT2D eigenvalue weighted by molar-refractivity contribution is 5.71. The van der Waals surface area contributed by atoms with Crippen LogP contribution in [0.4, 0.5) is 0 Å². The summed E-state index contributed by atoms with van der Waals surface area (Å²) < 4.78 is 38.4. The van der Waals surface area contributed by atoms with Gasteiger partial charge in [-0.05, 0) is 41.8 Å². The third-order valence-corrected chi connectivity index (χ3v) is 6.05. The van der Waals surface area contributed by atoms with Crippen molar-refractivity contribution >= 4 is 23.9 Å². The van der Waals surface area contributed by atoms with Crippen LogP contribution in [-0.4, -0.2) is 51.0 Å². The molecule has 0 aliphatic carbocycles. The summed E-state index contributed by atoms with van der Waals surface area (Å²) in [5, 5.41) is 0. The maximum atomic E-state index is 12.0. The highest BCUT2D eigenvalue weighted by Crippen LogP contribution is 2.46. The second-order valence-corrected chi connectivity index (χ2v) is 8.95. The van der Waals surface area contributed by atoms with E-state index in [4.69, 9.17) is 33.2 Å². The molecule has 0 N–H and O–H groups in total. The van der Waals surface area contributed by atoms with Gasteiger partial charge in [-0.15, -0.1) is 0 Å². The van der Waals surface area contributed by atoms with E-state index in [1.165, 1.54) is 41.9 Å². The topological polar surface area (TPSA) is 133 Å². The van der Waals surface area contributed by atoms with Crippen molar-refractivity contribution in [2.24, 2.45) is 11.8 Å². The number of carbonyl (C=O) groups is 4. The molecular formula is C28H32O11. The molecule has 1 saturated heterocycles. The Bertz CT molecular complexity index is 1220. The monoisotopic (exact) mass is 544 g/mol. The SMILES string of the molecule is COc1cc(C[C@H]2[C@H](OC(C)=O)O[C@H](c3ccc(OC(C)=O)c(OC)c3)[C@H]2COC(C)=O)ccc1OC(C)=O. The van der Waals surface area contributed by atoms with E-state index in [0.717, 1.165) is 5.56 Å². The van der Waals surface area contributed by atoms with Gasteiger partial charge in [0.25, 0.3) is 0 Å². The highest BCUT2D eigenvalue weighted by atomic mass is 16.7. The fourth-order valence-electron chi connectivity index (χ4n) is 4.50. The Hall–Kier alpha value is -4.12. The fourth-order valence-corrected chi connectivity index (χ4v) is 4.50. The summed E-state index contributed by atoms with van der Waals surface area (Å²) in [6.07, 6.45) is -1.28. The predicted molar refractivity (Wildman–Crippen MR) is 135 cm³/mol. The van der Waals surface area contributed by atoms with Crippen molar-refractivity contribution in [1.29, 1.82) is 0 Å². The van der Waals surface area contributed by atoms with Crippen molar-refractivity contribution < 1.29 is 52.3 Å². The molecule has 11 heteroatoms. The van der Waals surface area contributed by atoms with Gasteiger partial charge in [-0.3, -0.25) is 19.2 Å². The second-order valence-electron chi connectivity index (χ2n) is 8.95. The number of esters is 4. The van der Waals surface area contributed by atoms with E-state index in [9.17, 15) is 19.2 Å². The van der Waals surface area contributed by atoms with Gasteiger partial charge in [0.15, 0.2) is 23.0 Å². The van der Waals surface area contributed by atoms with Crippen LogP contribution in [0, 0.1) is 11.8 Å². The number of ether oxygens (including phenoxy) is 7. The van der Waals surface area contributed by atoms with Gasteiger partial charge in [0, 0.05) is 39.5 Å². The van der Waals surface area contributed by atoms with Crippen LogP contribution in [-0.2, 0) is 39.8 Å².